The molecule has 5 rings (SSSR count). The van der Waals surface area contributed by atoms with Gasteiger partial charge in [0.1, 0.15) is 17.1 Å². The summed E-state index contributed by atoms with van der Waals surface area (Å²) in [6, 6.07) is 9.09. The van der Waals surface area contributed by atoms with E-state index in [4.69, 9.17) is 9.52 Å². The highest BCUT2D eigenvalue weighted by atomic mass is 19.1. The lowest BCUT2D eigenvalue weighted by molar-refractivity contribution is 0.0693. The van der Waals surface area contributed by atoms with Crippen LogP contribution in [0.15, 0.2) is 64.3 Å². The minimum Gasteiger partial charge on any atom is -0.477 e. The molecule has 1 aromatic carbocycles. The molecule has 0 bridgehead atoms. The number of fused-ring (bicyclic) bond motifs is 3. The van der Waals surface area contributed by atoms with Crippen molar-refractivity contribution in [3.05, 3.63) is 76.7 Å². The Bertz CT molecular complexity index is 1420. The SMILES string of the molecule is CC(C)(C)[C@@H]1Cn2nc(-c3ccc(F)cc3)c(-c3ccoc3)c2-c2cc(=O)c(C(=O)O)cn21. The van der Waals surface area contributed by atoms with Gasteiger partial charge in [0.2, 0.25) is 0 Å². The first-order valence-corrected chi connectivity index (χ1v) is 10.5. The number of carbonyl (C=O) groups is 1. The molecule has 0 unspecified atom stereocenters. The summed E-state index contributed by atoms with van der Waals surface area (Å²) in [5.41, 5.74) is 3.00. The first kappa shape index (κ1) is 20.9. The van der Waals surface area contributed by atoms with E-state index in [-0.39, 0.29) is 22.8 Å². The second kappa shape index (κ2) is 7.30. The summed E-state index contributed by atoms with van der Waals surface area (Å²) >= 11 is 0. The van der Waals surface area contributed by atoms with Crippen LogP contribution in [0.1, 0.15) is 37.2 Å². The number of nitrogens with zero attached hydrogens (tertiary/aromatic N) is 3. The molecule has 1 N–H and O–H groups in total. The predicted octanol–water partition coefficient (Wildman–Crippen LogP) is 5.08. The highest BCUT2D eigenvalue weighted by Crippen LogP contribution is 2.46. The lowest BCUT2D eigenvalue weighted by Crippen LogP contribution is -2.35. The first-order valence-electron chi connectivity index (χ1n) is 10.5. The van der Waals surface area contributed by atoms with Crippen LogP contribution < -0.4 is 5.43 Å². The van der Waals surface area contributed by atoms with Crippen LogP contribution in [0.2, 0.25) is 0 Å². The van der Waals surface area contributed by atoms with Gasteiger partial charge in [-0.25, -0.2) is 9.18 Å². The number of aromatic carboxylic acids is 1. The molecule has 4 heterocycles. The van der Waals surface area contributed by atoms with Crippen LogP contribution in [0, 0.1) is 11.2 Å². The third-order valence-electron chi connectivity index (χ3n) is 6.11. The van der Waals surface area contributed by atoms with Crippen LogP contribution in [-0.2, 0) is 6.54 Å². The standard InChI is InChI=1S/C25H22FN3O4/c1-25(2,3)20-12-29-23(18-10-19(30)17(24(31)32)11-28(18)20)21(15-8-9-33-13-15)22(27-29)14-4-6-16(26)7-5-14/h4-11,13,20H,12H2,1-3H3,(H,31,32)/t20-/m0/s1. The van der Waals surface area contributed by atoms with E-state index in [1.807, 2.05) is 9.25 Å². The summed E-state index contributed by atoms with van der Waals surface area (Å²) in [5, 5.41) is 14.4. The molecule has 33 heavy (non-hydrogen) atoms. The molecule has 1 aliphatic rings. The third kappa shape index (κ3) is 3.38. The monoisotopic (exact) mass is 447 g/mol. The van der Waals surface area contributed by atoms with Gasteiger partial charge in [-0.05, 0) is 35.7 Å². The van der Waals surface area contributed by atoms with Gasteiger partial charge in [-0.1, -0.05) is 20.8 Å². The minimum atomic E-state index is -1.26. The van der Waals surface area contributed by atoms with Crippen molar-refractivity contribution in [1.82, 2.24) is 14.3 Å². The zero-order valence-corrected chi connectivity index (χ0v) is 18.4. The van der Waals surface area contributed by atoms with Gasteiger partial charge in [-0.3, -0.25) is 9.48 Å². The van der Waals surface area contributed by atoms with Crippen molar-refractivity contribution in [1.29, 1.82) is 0 Å². The van der Waals surface area contributed by atoms with E-state index in [0.717, 1.165) is 16.7 Å². The number of pyridine rings is 1. The Balaban J connectivity index is 1.86. The quantitative estimate of drug-likeness (QED) is 0.473. The van der Waals surface area contributed by atoms with Gasteiger partial charge < -0.3 is 14.1 Å². The van der Waals surface area contributed by atoms with Crippen LogP contribution in [0.4, 0.5) is 4.39 Å². The van der Waals surface area contributed by atoms with E-state index >= 15 is 0 Å². The molecule has 3 aromatic heterocycles. The molecule has 1 aliphatic heterocycles. The first-order chi connectivity index (χ1) is 15.6. The summed E-state index contributed by atoms with van der Waals surface area (Å²) in [6.07, 6.45) is 4.58. The van der Waals surface area contributed by atoms with Crippen molar-refractivity contribution in [3.8, 4) is 33.8 Å². The van der Waals surface area contributed by atoms with Gasteiger partial charge in [0.15, 0.2) is 5.43 Å². The van der Waals surface area contributed by atoms with Crippen LogP contribution in [0.3, 0.4) is 0 Å². The molecule has 0 amide bonds. The summed E-state index contributed by atoms with van der Waals surface area (Å²) < 4.78 is 22.7. The lowest BCUT2D eigenvalue weighted by Gasteiger charge is -2.38. The number of aromatic nitrogens is 3. The van der Waals surface area contributed by atoms with Crippen molar-refractivity contribution in [3.63, 3.8) is 0 Å². The van der Waals surface area contributed by atoms with E-state index in [1.165, 1.54) is 24.4 Å². The van der Waals surface area contributed by atoms with E-state index in [1.54, 1.807) is 30.7 Å². The van der Waals surface area contributed by atoms with Crippen LogP contribution in [0.25, 0.3) is 33.8 Å². The Hall–Kier alpha value is -3.94. The number of halogens is 1. The zero-order chi connectivity index (χ0) is 23.5. The molecule has 8 heteroatoms. The average molecular weight is 447 g/mol. The smallest absolute Gasteiger partial charge is 0.341 e. The zero-order valence-electron chi connectivity index (χ0n) is 18.4. The van der Waals surface area contributed by atoms with E-state index < -0.39 is 11.4 Å². The Morgan fingerprint density at radius 1 is 1.18 bits per heavy atom. The average Bonchev–Trinajstić information content (AvgIpc) is 3.40. The van der Waals surface area contributed by atoms with Crippen LogP contribution in [0.5, 0.6) is 0 Å². The van der Waals surface area contributed by atoms with E-state index in [2.05, 4.69) is 20.8 Å². The summed E-state index contributed by atoms with van der Waals surface area (Å²) in [4.78, 5) is 24.4. The Kier molecular flexibility index (Phi) is 4.63. The summed E-state index contributed by atoms with van der Waals surface area (Å²) in [5.74, 6) is -1.61. The Morgan fingerprint density at radius 2 is 1.91 bits per heavy atom. The van der Waals surface area contributed by atoms with Gasteiger partial charge in [0, 0.05) is 29.0 Å². The molecular formula is C25H22FN3O4. The normalized spacial score (nSPS) is 15.2. The van der Waals surface area contributed by atoms with Gasteiger partial charge in [0.25, 0.3) is 0 Å². The second-order valence-corrected chi connectivity index (χ2v) is 9.30. The van der Waals surface area contributed by atoms with Crippen molar-refractivity contribution < 1.29 is 18.7 Å². The number of carboxylic acid groups (broad SMARTS) is 1. The number of benzene rings is 1. The maximum atomic E-state index is 13.6. The summed E-state index contributed by atoms with van der Waals surface area (Å²) in [7, 11) is 0. The van der Waals surface area contributed by atoms with Gasteiger partial charge >= 0.3 is 5.97 Å². The van der Waals surface area contributed by atoms with Crippen LogP contribution >= 0.6 is 0 Å². The Labute approximate surface area is 188 Å². The summed E-state index contributed by atoms with van der Waals surface area (Å²) in [6.45, 7) is 6.66. The number of furan rings is 1. The molecule has 1 atom stereocenters. The molecular weight excluding hydrogens is 425 g/mol. The number of carboxylic acids is 1. The predicted molar refractivity (Wildman–Crippen MR) is 120 cm³/mol. The molecule has 0 radical (unpaired) electrons. The molecule has 168 valence electrons. The van der Waals surface area contributed by atoms with Crippen molar-refractivity contribution in [2.45, 2.75) is 33.4 Å². The highest BCUT2D eigenvalue weighted by Gasteiger charge is 2.37. The molecule has 4 aromatic rings. The number of hydrogen-bond acceptors (Lipinski definition) is 4. The fourth-order valence-electron chi connectivity index (χ4n) is 4.45. The third-order valence-corrected chi connectivity index (χ3v) is 6.11. The molecule has 0 saturated carbocycles. The molecule has 0 aliphatic carbocycles. The molecule has 0 saturated heterocycles. The molecule has 7 nitrogen and oxygen atoms in total. The van der Waals surface area contributed by atoms with Gasteiger partial charge in [-0.2, -0.15) is 5.10 Å². The van der Waals surface area contributed by atoms with Crippen molar-refractivity contribution in [2.75, 3.05) is 0 Å². The molecule has 0 fully saturated rings. The maximum absolute atomic E-state index is 13.6. The van der Waals surface area contributed by atoms with E-state index in [0.29, 0.717) is 23.6 Å². The number of rotatable bonds is 3. The fraction of sp³-hybridized carbons (Fsp3) is 0.240. The van der Waals surface area contributed by atoms with E-state index in [9.17, 15) is 19.1 Å². The maximum Gasteiger partial charge on any atom is 0.341 e. The van der Waals surface area contributed by atoms with Crippen molar-refractivity contribution in [2.24, 2.45) is 5.41 Å². The largest absolute Gasteiger partial charge is 0.477 e. The Morgan fingerprint density at radius 3 is 2.52 bits per heavy atom. The van der Waals surface area contributed by atoms with Gasteiger partial charge in [-0.15, -0.1) is 0 Å². The second-order valence-electron chi connectivity index (χ2n) is 9.30. The fourth-order valence-corrected chi connectivity index (χ4v) is 4.45. The molecule has 0 spiro atoms. The minimum absolute atomic E-state index is 0.156. The lowest BCUT2D eigenvalue weighted by atomic mass is 9.84. The van der Waals surface area contributed by atoms with Crippen LogP contribution in [-0.4, -0.2) is 25.4 Å². The van der Waals surface area contributed by atoms with Gasteiger partial charge in [0.05, 0.1) is 36.5 Å². The highest BCUT2D eigenvalue weighted by molar-refractivity contribution is 5.92. The van der Waals surface area contributed by atoms with Crippen molar-refractivity contribution >= 4 is 5.97 Å². The topological polar surface area (TPSA) is 90.3 Å². The number of hydrogen-bond donors (Lipinski definition) is 1.